The van der Waals surface area contributed by atoms with Crippen LogP contribution in [-0.2, 0) is 16.6 Å². The first-order valence-corrected chi connectivity index (χ1v) is 7.36. The maximum atomic E-state index is 11.9. The summed E-state index contributed by atoms with van der Waals surface area (Å²) in [4.78, 5) is 0.143. The van der Waals surface area contributed by atoms with Crippen LogP contribution in [0.2, 0.25) is 0 Å². The van der Waals surface area contributed by atoms with Gasteiger partial charge in [-0.2, -0.15) is 5.21 Å². The van der Waals surface area contributed by atoms with E-state index in [0.29, 0.717) is 23.7 Å². The molecule has 0 aliphatic rings. The number of anilines is 2. The Labute approximate surface area is 116 Å². The van der Waals surface area contributed by atoms with Gasteiger partial charge in [0.2, 0.25) is 10.0 Å². The molecule has 0 aliphatic heterocycles. The quantitative estimate of drug-likeness (QED) is 0.536. The molecule has 9 nitrogen and oxygen atoms in total. The Morgan fingerprint density at radius 2 is 2.20 bits per heavy atom. The molecular formula is C10H15N7O2S. The van der Waals surface area contributed by atoms with Crippen LogP contribution >= 0.6 is 0 Å². The number of aromatic nitrogens is 4. The molecule has 0 spiro atoms. The third kappa shape index (κ3) is 3.22. The highest BCUT2D eigenvalue weighted by Gasteiger charge is 2.14. The molecule has 0 bridgehead atoms. The zero-order chi connectivity index (χ0) is 14.6. The summed E-state index contributed by atoms with van der Waals surface area (Å²) in [7, 11) is -3.52. The second kappa shape index (κ2) is 5.84. The molecule has 0 saturated heterocycles. The van der Waals surface area contributed by atoms with Gasteiger partial charge in [-0.05, 0) is 18.2 Å². The van der Waals surface area contributed by atoms with Crippen molar-refractivity contribution >= 4 is 21.4 Å². The molecule has 20 heavy (non-hydrogen) atoms. The lowest BCUT2D eigenvalue weighted by Crippen LogP contribution is -2.23. The van der Waals surface area contributed by atoms with Crippen molar-refractivity contribution in [2.24, 2.45) is 0 Å². The van der Waals surface area contributed by atoms with E-state index in [2.05, 4.69) is 30.7 Å². The zero-order valence-electron chi connectivity index (χ0n) is 10.8. The molecule has 1 aromatic heterocycles. The van der Waals surface area contributed by atoms with Gasteiger partial charge in [0.1, 0.15) is 0 Å². The van der Waals surface area contributed by atoms with Crippen molar-refractivity contribution in [1.82, 2.24) is 25.3 Å². The van der Waals surface area contributed by atoms with E-state index in [0.717, 1.165) is 0 Å². The van der Waals surface area contributed by atoms with Gasteiger partial charge in [-0.1, -0.05) is 12.1 Å². The molecule has 108 valence electrons. The van der Waals surface area contributed by atoms with Gasteiger partial charge in [-0.25, -0.2) is 13.1 Å². The molecule has 2 rings (SSSR count). The number of nitrogens with one attached hydrogen (secondary N) is 3. The van der Waals surface area contributed by atoms with Crippen LogP contribution in [0.25, 0.3) is 0 Å². The van der Waals surface area contributed by atoms with Crippen LogP contribution < -0.4 is 15.8 Å². The summed E-state index contributed by atoms with van der Waals surface area (Å²) in [5, 5.41) is 16.3. The predicted molar refractivity (Wildman–Crippen MR) is 73.2 cm³/mol. The van der Waals surface area contributed by atoms with Gasteiger partial charge in [0.05, 0.1) is 22.8 Å². The molecular weight excluding hydrogens is 282 g/mol. The van der Waals surface area contributed by atoms with E-state index in [1.54, 1.807) is 6.92 Å². The summed E-state index contributed by atoms with van der Waals surface area (Å²) in [6, 6.07) is 4.45. The highest BCUT2D eigenvalue weighted by Crippen LogP contribution is 2.23. The average Bonchev–Trinajstić information content (AvgIpc) is 2.90. The van der Waals surface area contributed by atoms with E-state index < -0.39 is 10.0 Å². The third-order valence-corrected chi connectivity index (χ3v) is 4.04. The van der Waals surface area contributed by atoms with Crippen LogP contribution in [0.3, 0.4) is 0 Å². The zero-order valence-corrected chi connectivity index (χ0v) is 11.6. The Hall–Kier alpha value is -2.20. The van der Waals surface area contributed by atoms with Crippen LogP contribution in [0.4, 0.5) is 11.4 Å². The minimum Gasteiger partial charge on any atom is -0.397 e. The number of benzene rings is 1. The SMILES string of the molecule is CCNS(=O)(=O)c1ccc(N)c(NCc2nn[nH]n2)c1. The Morgan fingerprint density at radius 3 is 2.85 bits per heavy atom. The van der Waals surface area contributed by atoms with Gasteiger partial charge in [0.25, 0.3) is 0 Å². The molecule has 10 heteroatoms. The van der Waals surface area contributed by atoms with Gasteiger partial charge in [0, 0.05) is 6.54 Å². The number of nitrogens with zero attached hydrogens (tertiary/aromatic N) is 3. The summed E-state index contributed by atoms with van der Waals surface area (Å²) in [5.41, 5.74) is 6.73. The molecule has 1 aromatic carbocycles. The third-order valence-electron chi connectivity index (χ3n) is 2.50. The topological polar surface area (TPSA) is 139 Å². The predicted octanol–water partition coefficient (Wildman–Crippen LogP) is -0.308. The minimum atomic E-state index is -3.52. The number of H-pyrrole nitrogens is 1. The summed E-state index contributed by atoms with van der Waals surface area (Å²) >= 11 is 0. The summed E-state index contributed by atoms with van der Waals surface area (Å²) in [6.45, 7) is 2.31. The molecule has 0 atom stereocenters. The van der Waals surface area contributed by atoms with Crippen molar-refractivity contribution < 1.29 is 8.42 Å². The average molecular weight is 297 g/mol. The van der Waals surface area contributed by atoms with E-state index in [4.69, 9.17) is 5.73 Å². The monoisotopic (exact) mass is 297 g/mol. The van der Waals surface area contributed by atoms with E-state index in [1.807, 2.05) is 0 Å². The standard InChI is InChI=1S/C10H15N7O2S/c1-2-13-20(18,19)7-3-4-8(11)9(5-7)12-6-10-14-16-17-15-10/h3-5,12-13H,2,6,11H2,1H3,(H,14,15,16,17). The Balaban J connectivity index is 2.20. The first kappa shape index (κ1) is 14.2. The molecule has 5 N–H and O–H groups in total. The Kier molecular flexibility index (Phi) is 4.15. The van der Waals surface area contributed by atoms with Gasteiger partial charge >= 0.3 is 0 Å². The lowest BCUT2D eigenvalue weighted by molar-refractivity contribution is 0.584. The second-order valence-electron chi connectivity index (χ2n) is 3.93. The number of tetrazole rings is 1. The molecule has 0 saturated carbocycles. The molecule has 0 unspecified atom stereocenters. The molecule has 0 fully saturated rings. The van der Waals surface area contributed by atoms with Crippen LogP contribution in [-0.4, -0.2) is 35.6 Å². The second-order valence-corrected chi connectivity index (χ2v) is 5.70. The van der Waals surface area contributed by atoms with Crippen molar-refractivity contribution in [2.45, 2.75) is 18.4 Å². The van der Waals surface area contributed by atoms with Crippen LogP contribution in [0, 0.1) is 0 Å². The smallest absolute Gasteiger partial charge is 0.240 e. The van der Waals surface area contributed by atoms with E-state index >= 15 is 0 Å². The fraction of sp³-hybridized carbons (Fsp3) is 0.300. The highest BCUT2D eigenvalue weighted by molar-refractivity contribution is 7.89. The van der Waals surface area contributed by atoms with Gasteiger partial charge in [-0.3, -0.25) is 0 Å². The number of rotatable bonds is 6. The normalized spacial score (nSPS) is 11.4. The minimum absolute atomic E-state index is 0.143. The van der Waals surface area contributed by atoms with Gasteiger partial charge in [-0.15, -0.1) is 10.2 Å². The van der Waals surface area contributed by atoms with E-state index in [-0.39, 0.29) is 11.4 Å². The Morgan fingerprint density at radius 1 is 1.40 bits per heavy atom. The van der Waals surface area contributed by atoms with Crippen molar-refractivity contribution in [2.75, 3.05) is 17.6 Å². The largest absolute Gasteiger partial charge is 0.397 e. The number of sulfonamides is 1. The fourth-order valence-corrected chi connectivity index (χ4v) is 2.63. The van der Waals surface area contributed by atoms with Gasteiger partial charge < -0.3 is 11.1 Å². The van der Waals surface area contributed by atoms with Crippen molar-refractivity contribution in [3.8, 4) is 0 Å². The molecule has 0 amide bonds. The Bertz CT molecular complexity index is 669. The number of nitrogen functional groups attached to an aromatic ring is 1. The maximum absolute atomic E-state index is 11.9. The summed E-state index contributed by atoms with van der Waals surface area (Å²) in [6.07, 6.45) is 0. The summed E-state index contributed by atoms with van der Waals surface area (Å²) in [5.74, 6) is 0.448. The number of hydrogen-bond acceptors (Lipinski definition) is 7. The highest BCUT2D eigenvalue weighted by atomic mass is 32.2. The molecule has 2 aromatic rings. The van der Waals surface area contributed by atoms with E-state index in [1.165, 1.54) is 18.2 Å². The lowest BCUT2D eigenvalue weighted by Gasteiger charge is -2.10. The van der Waals surface area contributed by atoms with Crippen LogP contribution in [0.5, 0.6) is 0 Å². The molecule has 1 heterocycles. The van der Waals surface area contributed by atoms with Crippen molar-refractivity contribution in [3.63, 3.8) is 0 Å². The summed E-state index contributed by atoms with van der Waals surface area (Å²) < 4.78 is 26.2. The van der Waals surface area contributed by atoms with E-state index in [9.17, 15) is 8.42 Å². The molecule has 0 radical (unpaired) electrons. The van der Waals surface area contributed by atoms with Crippen molar-refractivity contribution in [1.29, 1.82) is 0 Å². The van der Waals surface area contributed by atoms with Crippen LogP contribution in [0.1, 0.15) is 12.7 Å². The lowest BCUT2D eigenvalue weighted by atomic mass is 10.2. The number of hydrogen-bond donors (Lipinski definition) is 4. The number of nitrogens with two attached hydrogens (primary N) is 1. The number of aromatic amines is 1. The first-order valence-electron chi connectivity index (χ1n) is 5.88. The van der Waals surface area contributed by atoms with Gasteiger partial charge in [0.15, 0.2) is 5.82 Å². The van der Waals surface area contributed by atoms with Crippen molar-refractivity contribution in [3.05, 3.63) is 24.0 Å². The molecule has 0 aliphatic carbocycles. The first-order chi connectivity index (χ1) is 9.53. The van der Waals surface area contributed by atoms with Crippen LogP contribution in [0.15, 0.2) is 23.1 Å². The fourth-order valence-electron chi connectivity index (χ4n) is 1.56. The maximum Gasteiger partial charge on any atom is 0.240 e.